The van der Waals surface area contributed by atoms with Gasteiger partial charge in [0.05, 0.1) is 0 Å². The van der Waals surface area contributed by atoms with Gasteiger partial charge < -0.3 is 10.2 Å². The topological polar surface area (TPSA) is 28.2 Å². The van der Waals surface area contributed by atoms with Crippen molar-refractivity contribution in [2.24, 2.45) is 5.92 Å². The normalized spacial score (nSPS) is 20.5. The molecule has 3 nitrogen and oxygen atoms in total. The minimum Gasteiger partial charge on any atom is -0.370 e. The van der Waals surface area contributed by atoms with Crippen LogP contribution in [0.2, 0.25) is 0 Å². The highest BCUT2D eigenvalue weighted by molar-refractivity contribution is 5.67. The van der Waals surface area contributed by atoms with Gasteiger partial charge in [0.25, 0.3) is 0 Å². The van der Waals surface area contributed by atoms with Gasteiger partial charge in [-0.1, -0.05) is 38.8 Å². The Labute approximate surface area is 196 Å². The molecule has 0 atom stereocenters. The second kappa shape index (κ2) is 8.73. The summed E-state index contributed by atoms with van der Waals surface area (Å²) in [5.74, 6) is 0.791. The highest BCUT2D eigenvalue weighted by Crippen LogP contribution is 2.59. The number of aromatic nitrogens is 1. The van der Waals surface area contributed by atoms with Crippen molar-refractivity contribution in [3.63, 3.8) is 0 Å². The highest BCUT2D eigenvalue weighted by atomic mass is 19.1. The number of hydrogen-bond donors (Lipinski definition) is 1. The summed E-state index contributed by atoms with van der Waals surface area (Å²) in [6.45, 7) is 7.16. The van der Waals surface area contributed by atoms with Crippen LogP contribution < -0.4 is 10.2 Å². The van der Waals surface area contributed by atoms with E-state index in [0.29, 0.717) is 24.1 Å². The minimum absolute atomic E-state index is 0.104. The Morgan fingerprint density at radius 2 is 1.91 bits per heavy atom. The van der Waals surface area contributed by atoms with Crippen LogP contribution in [0.3, 0.4) is 0 Å². The molecule has 2 aliphatic carbocycles. The molecule has 0 saturated heterocycles. The van der Waals surface area contributed by atoms with Gasteiger partial charge in [-0.25, -0.2) is 13.8 Å². The molecule has 33 heavy (non-hydrogen) atoms. The van der Waals surface area contributed by atoms with Crippen LogP contribution >= 0.6 is 0 Å². The van der Waals surface area contributed by atoms with E-state index in [-0.39, 0.29) is 11.1 Å². The second-order valence-corrected chi connectivity index (χ2v) is 10.1. The molecule has 1 spiro atoms. The molecule has 1 aromatic heterocycles. The number of aryl methyl sites for hydroxylation is 2. The fourth-order valence-corrected chi connectivity index (χ4v) is 5.93. The van der Waals surface area contributed by atoms with E-state index < -0.39 is 11.6 Å². The molecule has 0 radical (unpaired) electrons. The maximum Gasteiger partial charge on any atom is 0.153 e. The van der Waals surface area contributed by atoms with E-state index in [0.717, 1.165) is 48.8 Å². The van der Waals surface area contributed by atoms with Crippen LogP contribution in [0.25, 0.3) is 0 Å². The second-order valence-electron chi connectivity index (χ2n) is 10.1. The summed E-state index contributed by atoms with van der Waals surface area (Å²) < 4.78 is 30.9. The molecule has 1 aliphatic heterocycles. The summed E-state index contributed by atoms with van der Waals surface area (Å²) in [6, 6.07) is 3.85. The SMILES string of the molecule is CC/C=C1\N(c2c(F)c(C)cc(CC)c2F)Cc2cnc(NCC3CCCC3)cc2C12CC2. The Morgan fingerprint density at radius 1 is 1.15 bits per heavy atom. The molecule has 0 bridgehead atoms. The maximum atomic E-state index is 15.5. The van der Waals surface area contributed by atoms with Gasteiger partial charge in [0.1, 0.15) is 11.5 Å². The minimum atomic E-state index is -0.450. The number of nitrogens with one attached hydrogen (secondary N) is 1. The molecular weight excluding hydrogens is 416 g/mol. The lowest BCUT2D eigenvalue weighted by atomic mass is 9.83. The number of rotatable bonds is 6. The zero-order valence-electron chi connectivity index (χ0n) is 20.1. The molecule has 3 aliphatic rings. The Balaban J connectivity index is 1.55. The predicted octanol–water partition coefficient (Wildman–Crippen LogP) is 7.18. The van der Waals surface area contributed by atoms with Crippen LogP contribution in [-0.2, 0) is 18.4 Å². The molecule has 2 saturated carbocycles. The Hall–Kier alpha value is -2.43. The van der Waals surface area contributed by atoms with Crippen LogP contribution in [0.4, 0.5) is 20.3 Å². The van der Waals surface area contributed by atoms with Gasteiger partial charge in [-0.3, -0.25) is 0 Å². The Bertz CT molecular complexity index is 1080. The van der Waals surface area contributed by atoms with E-state index in [1.54, 1.807) is 13.0 Å². The average molecular weight is 452 g/mol. The van der Waals surface area contributed by atoms with Gasteiger partial charge in [0.2, 0.25) is 0 Å². The van der Waals surface area contributed by atoms with Gasteiger partial charge in [-0.15, -0.1) is 0 Å². The number of nitrogens with zero attached hydrogens (tertiary/aromatic N) is 2. The van der Waals surface area contributed by atoms with E-state index in [1.165, 1.54) is 31.2 Å². The molecule has 0 amide bonds. The van der Waals surface area contributed by atoms with Gasteiger partial charge in [-0.05, 0) is 79.7 Å². The fraction of sp³-hybridized carbons (Fsp3) is 0.536. The third-order valence-corrected chi connectivity index (χ3v) is 7.89. The number of anilines is 2. The Morgan fingerprint density at radius 3 is 2.58 bits per heavy atom. The van der Waals surface area contributed by atoms with E-state index in [2.05, 4.69) is 24.4 Å². The number of benzene rings is 1. The molecule has 5 rings (SSSR count). The van der Waals surface area contributed by atoms with Crippen LogP contribution in [-0.4, -0.2) is 11.5 Å². The van der Waals surface area contributed by atoms with Crippen molar-refractivity contribution < 1.29 is 8.78 Å². The smallest absolute Gasteiger partial charge is 0.153 e. The van der Waals surface area contributed by atoms with Gasteiger partial charge in [-0.2, -0.15) is 0 Å². The van der Waals surface area contributed by atoms with Crippen molar-refractivity contribution in [1.82, 2.24) is 4.98 Å². The standard InChI is InChI=1S/C28H35F2N3/c1-4-8-23-28(11-12-28)22-14-24(31-15-19-9-6-7-10-19)32-16-21(22)17-33(23)27-25(29)18(3)13-20(5-2)26(27)30/h8,13-14,16,19H,4-7,9-12,15,17H2,1-3H3,(H,31,32)/b23-8-. The first-order chi connectivity index (χ1) is 16.0. The van der Waals surface area contributed by atoms with Crippen molar-refractivity contribution in [1.29, 1.82) is 0 Å². The summed E-state index contributed by atoms with van der Waals surface area (Å²) in [4.78, 5) is 6.60. The van der Waals surface area contributed by atoms with Gasteiger partial charge in [0, 0.05) is 30.4 Å². The molecule has 1 aromatic carbocycles. The first kappa shape index (κ1) is 22.4. The molecule has 2 aromatic rings. The first-order valence-corrected chi connectivity index (χ1v) is 12.7. The predicted molar refractivity (Wildman–Crippen MR) is 131 cm³/mol. The van der Waals surface area contributed by atoms with Crippen molar-refractivity contribution in [3.05, 3.63) is 64.0 Å². The zero-order valence-corrected chi connectivity index (χ0v) is 20.1. The lowest BCUT2D eigenvalue weighted by Crippen LogP contribution is -2.37. The molecule has 1 N–H and O–H groups in total. The third kappa shape index (κ3) is 3.83. The molecular formula is C28H35F2N3. The summed E-state index contributed by atoms with van der Waals surface area (Å²) >= 11 is 0. The number of halogens is 2. The first-order valence-electron chi connectivity index (χ1n) is 12.7. The largest absolute Gasteiger partial charge is 0.370 e. The molecule has 5 heteroatoms. The monoisotopic (exact) mass is 451 g/mol. The Kier molecular flexibility index (Phi) is 5.92. The van der Waals surface area contributed by atoms with Gasteiger partial charge >= 0.3 is 0 Å². The zero-order chi connectivity index (χ0) is 23.2. The molecule has 176 valence electrons. The molecule has 2 fully saturated rings. The van der Waals surface area contributed by atoms with E-state index in [1.807, 2.05) is 18.0 Å². The van der Waals surface area contributed by atoms with Gasteiger partial charge in [0.15, 0.2) is 11.6 Å². The molecule has 2 heterocycles. The summed E-state index contributed by atoms with van der Waals surface area (Å²) in [5, 5.41) is 3.57. The van der Waals surface area contributed by atoms with Crippen molar-refractivity contribution >= 4 is 11.5 Å². The number of fused-ring (bicyclic) bond motifs is 2. The van der Waals surface area contributed by atoms with E-state index in [9.17, 15) is 0 Å². The van der Waals surface area contributed by atoms with Crippen molar-refractivity contribution in [3.8, 4) is 0 Å². The van der Waals surface area contributed by atoms with E-state index in [4.69, 9.17) is 4.98 Å². The van der Waals surface area contributed by atoms with Crippen LogP contribution in [0, 0.1) is 24.5 Å². The molecule has 0 unspecified atom stereocenters. The van der Waals surface area contributed by atoms with Crippen LogP contribution in [0.1, 0.15) is 81.0 Å². The highest BCUT2D eigenvalue weighted by Gasteiger charge is 2.54. The summed E-state index contributed by atoms with van der Waals surface area (Å²) in [6.07, 6.45) is 12.7. The summed E-state index contributed by atoms with van der Waals surface area (Å²) in [5.41, 5.74) is 4.42. The number of hydrogen-bond acceptors (Lipinski definition) is 3. The van der Waals surface area contributed by atoms with Crippen molar-refractivity contribution in [2.45, 2.75) is 84.1 Å². The fourth-order valence-electron chi connectivity index (χ4n) is 5.93. The lowest BCUT2D eigenvalue weighted by molar-refractivity contribution is 0.551. The summed E-state index contributed by atoms with van der Waals surface area (Å²) in [7, 11) is 0. The third-order valence-electron chi connectivity index (χ3n) is 7.89. The quantitative estimate of drug-likeness (QED) is 0.504. The number of allylic oxidation sites excluding steroid dienone is 2. The maximum absolute atomic E-state index is 15.5. The van der Waals surface area contributed by atoms with E-state index >= 15 is 8.78 Å². The van der Waals surface area contributed by atoms with Crippen LogP contribution in [0.15, 0.2) is 30.1 Å². The van der Waals surface area contributed by atoms with Crippen LogP contribution in [0.5, 0.6) is 0 Å². The number of pyridine rings is 1. The lowest BCUT2D eigenvalue weighted by Gasteiger charge is -2.40. The van der Waals surface area contributed by atoms with Crippen molar-refractivity contribution in [2.75, 3.05) is 16.8 Å². The average Bonchev–Trinajstić information content (AvgIpc) is 3.42.